The molecule has 1 aromatic carbocycles. The number of carbonyl (C=O) groups is 1. The van der Waals surface area contributed by atoms with Crippen LogP contribution < -0.4 is 0 Å². The van der Waals surface area contributed by atoms with Gasteiger partial charge in [-0.2, -0.15) is 0 Å². The molecule has 0 amide bonds. The van der Waals surface area contributed by atoms with Crippen molar-refractivity contribution in [2.45, 2.75) is 33.1 Å². The second kappa shape index (κ2) is 8.00. The predicted octanol–water partition coefficient (Wildman–Crippen LogP) is 4.42. The lowest BCUT2D eigenvalue weighted by molar-refractivity contribution is -0.138. The molecule has 19 heavy (non-hydrogen) atoms. The molecule has 0 N–H and O–H groups in total. The van der Waals surface area contributed by atoms with Crippen LogP contribution in [0.25, 0.3) is 0 Å². The second-order valence-electron chi connectivity index (χ2n) is 4.63. The summed E-state index contributed by atoms with van der Waals surface area (Å²) in [5.41, 5.74) is 1.79. The van der Waals surface area contributed by atoms with Crippen molar-refractivity contribution in [1.29, 1.82) is 0 Å². The van der Waals surface area contributed by atoms with Gasteiger partial charge in [-0.25, -0.2) is 4.79 Å². The van der Waals surface area contributed by atoms with E-state index in [9.17, 15) is 4.79 Å². The van der Waals surface area contributed by atoms with E-state index in [1.807, 2.05) is 24.3 Å². The third kappa shape index (κ3) is 5.48. The summed E-state index contributed by atoms with van der Waals surface area (Å²) in [6.07, 6.45) is 2.60. The van der Waals surface area contributed by atoms with Gasteiger partial charge >= 0.3 is 5.97 Å². The van der Waals surface area contributed by atoms with Gasteiger partial charge in [0.15, 0.2) is 0 Å². The molecular formula is C16H21ClO2. The Balaban J connectivity index is 2.56. The van der Waals surface area contributed by atoms with Crippen LogP contribution >= 0.6 is 11.6 Å². The Bertz CT molecular complexity index is 423. The van der Waals surface area contributed by atoms with Crippen LogP contribution in [-0.4, -0.2) is 12.6 Å². The number of rotatable bonds is 7. The van der Waals surface area contributed by atoms with Gasteiger partial charge in [0.25, 0.3) is 0 Å². The maximum absolute atomic E-state index is 11.6. The molecule has 1 unspecified atom stereocenters. The first-order chi connectivity index (χ1) is 9.06. The summed E-state index contributed by atoms with van der Waals surface area (Å²) in [7, 11) is 0. The fraction of sp³-hybridized carbons (Fsp3) is 0.438. The molecule has 0 bridgehead atoms. The van der Waals surface area contributed by atoms with Crippen molar-refractivity contribution in [2.24, 2.45) is 5.92 Å². The molecule has 1 rings (SSSR count). The average Bonchev–Trinajstić information content (AvgIpc) is 2.40. The quantitative estimate of drug-likeness (QED) is 0.546. The Morgan fingerprint density at radius 2 is 1.95 bits per heavy atom. The lowest BCUT2D eigenvalue weighted by Crippen LogP contribution is -2.12. The minimum atomic E-state index is -0.281. The molecule has 0 aliphatic heterocycles. The Morgan fingerprint density at radius 1 is 1.32 bits per heavy atom. The minimum absolute atomic E-state index is 0.281. The summed E-state index contributed by atoms with van der Waals surface area (Å²) in [5.74, 6) is 0.120. The van der Waals surface area contributed by atoms with Crippen molar-refractivity contribution < 1.29 is 9.53 Å². The first-order valence-corrected chi connectivity index (χ1v) is 7.03. The van der Waals surface area contributed by atoms with Gasteiger partial charge in [-0.05, 0) is 43.4 Å². The maximum atomic E-state index is 11.6. The van der Waals surface area contributed by atoms with Gasteiger partial charge < -0.3 is 4.74 Å². The first-order valence-electron chi connectivity index (χ1n) is 6.66. The third-order valence-corrected chi connectivity index (χ3v) is 3.37. The summed E-state index contributed by atoms with van der Waals surface area (Å²) >= 11 is 5.87. The zero-order valence-electron chi connectivity index (χ0n) is 11.6. The zero-order chi connectivity index (χ0) is 14.3. The van der Waals surface area contributed by atoms with Crippen molar-refractivity contribution in [2.75, 3.05) is 6.61 Å². The van der Waals surface area contributed by atoms with Crippen molar-refractivity contribution in [3.8, 4) is 0 Å². The molecule has 0 heterocycles. The molecule has 0 fully saturated rings. The lowest BCUT2D eigenvalue weighted by Gasteiger charge is -2.16. The fourth-order valence-electron chi connectivity index (χ4n) is 1.98. The van der Waals surface area contributed by atoms with E-state index in [2.05, 4.69) is 13.5 Å². The molecule has 0 aromatic heterocycles. The molecule has 1 aromatic rings. The van der Waals surface area contributed by atoms with E-state index < -0.39 is 0 Å². The number of halogens is 1. The highest BCUT2D eigenvalue weighted by molar-refractivity contribution is 6.30. The van der Waals surface area contributed by atoms with E-state index in [0.29, 0.717) is 24.5 Å². The van der Waals surface area contributed by atoms with Crippen molar-refractivity contribution in [3.63, 3.8) is 0 Å². The largest absolute Gasteiger partial charge is 0.463 e. The molecule has 0 radical (unpaired) electrons. The van der Waals surface area contributed by atoms with Crippen molar-refractivity contribution in [1.82, 2.24) is 0 Å². The number of carbonyl (C=O) groups excluding carboxylic acids is 1. The van der Waals surface area contributed by atoms with Gasteiger partial charge in [0, 0.05) is 10.6 Å². The van der Waals surface area contributed by atoms with E-state index in [0.717, 1.165) is 17.9 Å². The van der Waals surface area contributed by atoms with E-state index in [-0.39, 0.29) is 5.97 Å². The van der Waals surface area contributed by atoms with E-state index in [4.69, 9.17) is 16.3 Å². The molecular weight excluding hydrogens is 260 g/mol. The van der Waals surface area contributed by atoms with Crippen molar-refractivity contribution >= 4 is 17.6 Å². The molecule has 0 spiro atoms. The molecule has 0 aliphatic rings. The number of hydrogen-bond acceptors (Lipinski definition) is 2. The molecule has 0 saturated heterocycles. The topological polar surface area (TPSA) is 26.3 Å². The smallest absolute Gasteiger partial charge is 0.333 e. The van der Waals surface area contributed by atoms with Crippen LogP contribution in [0.1, 0.15) is 32.3 Å². The summed E-state index contributed by atoms with van der Waals surface area (Å²) in [6.45, 7) is 8.14. The Hall–Kier alpha value is -1.28. The summed E-state index contributed by atoms with van der Waals surface area (Å²) in [6, 6.07) is 7.84. The van der Waals surface area contributed by atoms with Gasteiger partial charge in [-0.15, -0.1) is 0 Å². The maximum Gasteiger partial charge on any atom is 0.333 e. The number of ether oxygens (including phenoxy) is 1. The van der Waals surface area contributed by atoms with Crippen LogP contribution in [0.2, 0.25) is 5.02 Å². The average molecular weight is 281 g/mol. The van der Waals surface area contributed by atoms with Gasteiger partial charge in [-0.3, -0.25) is 0 Å². The normalized spacial score (nSPS) is 11.9. The number of benzene rings is 1. The van der Waals surface area contributed by atoms with Crippen LogP contribution in [0.4, 0.5) is 0 Å². The predicted molar refractivity (Wildman–Crippen MR) is 79.3 cm³/mol. The van der Waals surface area contributed by atoms with E-state index in [1.54, 1.807) is 6.92 Å². The lowest BCUT2D eigenvalue weighted by atomic mass is 9.91. The van der Waals surface area contributed by atoms with Gasteiger partial charge in [0.05, 0.1) is 6.61 Å². The molecule has 1 atom stereocenters. The van der Waals surface area contributed by atoms with E-state index in [1.165, 1.54) is 5.56 Å². The number of hydrogen-bond donors (Lipinski definition) is 0. The highest BCUT2D eigenvalue weighted by Gasteiger charge is 2.15. The molecule has 104 valence electrons. The Labute approximate surface area is 120 Å². The van der Waals surface area contributed by atoms with Crippen LogP contribution in [-0.2, 0) is 16.0 Å². The van der Waals surface area contributed by atoms with Gasteiger partial charge in [0.2, 0.25) is 0 Å². The first kappa shape index (κ1) is 15.8. The van der Waals surface area contributed by atoms with E-state index >= 15 is 0 Å². The summed E-state index contributed by atoms with van der Waals surface area (Å²) in [5, 5.41) is 0.743. The highest BCUT2D eigenvalue weighted by Crippen LogP contribution is 2.21. The van der Waals surface area contributed by atoms with Crippen LogP contribution in [0.15, 0.2) is 36.4 Å². The van der Waals surface area contributed by atoms with Crippen LogP contribution in [0.3, 0.4) is 0 Å². The second-order valence-corrected chi connectivity index (χ2v) is 5.07. The number of esters is 1. The SMILES string of the molecule is C=C(CC(CC)Cc1ccc(Cl)cc1)C(=O)OCC. The van der Waals surface area contributed by atoms with Crippen LogP contribution in [0, 0.1) is 5.92 Å². The van der Waals surface area contributed by atoms with Gasteiger partial charge in [0.1, 0.15) is 0 Å². The van der Waals surface area contributed by atoms with Crippen LogP contribution in [0.5, 0.6) is 0 Å². The van der Waals surface area contributed by atoms with Gasteiger partial charge in [-0.1, -0.05) is 43.7 Å². The molecule has 0 saturated carbocycles. The Morgan fingerprint density at radius 3 is 2.47 bits per heavy atom. The molecule has 2 nitrogen and oxygen atoms in total. The summed E-state index contributed by atoms with van der Waals surface area (Å²) < 4.78 is 4.96. The third-order valence-electron chi connectivity index (χ3n) is 3.11. The van der Waals surface area contributed by atoms with Crippen molar-refractivity contribution in [3.05, 3.63) is 47.0 Å². The Kier molecular flexibility index (Phi) is 6.65. The zero-order valence-corrected chi connectivity index (χ0v) is 12.4. The molecule has 3 heteroatoms. The molecule has 0 aliphatic carbocycles. The monoisotopic (exact) mass is 280 g/mol. The highest BCUT2D eigenvalue weighted by atomic mass is 35.5. The fourth-order valence-corrected chi connectivity index (χ4v) is 2.11. The summed E-state index contributed by atoms with van der Waals surface area (Å²) in [4.78, 5) is 11.6. The standard InChI is InChI=1S/C16H21ClO2/c1-4-13(10-12(3)16(18)19-5-2)11-14-6-8-15(17)9-7-14/h6-9,13H,3-5,10-11H2,1-2H3. The minimum Gasteiger partial charge on any atom is -0.463 e.